The highest BCUT2D eigenvalue weighted by molar-refractivity contribution is 5.94. The van der Waals surface area contributed by atoms with Gasteiger partial charge in [-0.15, -0.1) is 0 Å². The summed E-state index contributed by atoms with van der Waals surface area (Å²) in [6.45, 7) is 7.47. The van der Waals surface area contributed by atoms with Crippen LogP contribution in [0.25, 0.3) is 0 Å². The molecule has 0 aromatic rings. The molecular weight excluding hydrogens is 400 g/mol. The lowest BCUT2D eigenvalue weighted by Gasteiger charge is -2.15. The smallest absolute Gasteiger partial charge is 0.320 e. The van der Waals surface area contributed by atoms with E-state index >= 15 is 0 Å². The van der Waals surface area contributed by atoms with Crippen LogP contribution in [0.5, 0.6) is 0 Å². The second-order valence-electron chi connectivity index (χ2n) is 9.33. The predicted molar refractivity (Wildman–Crippen MR) is 135 cm³/mol. The maximum Gasteiger partial charge on any atom is 0.320 e. The number of esters is 2. The molecule has 0 N–H and O–H groups in total. The van der Waals surface area contributed by atoms with Gasteiger partial charge >= 0.3 is 11.9 Å². The molecule has 0 amide bonds. The highest BCUT2D eigenvalue weighted by Gasteiger charge is 2.29. The first-order chi connectivity index (χ1) is 15.7. The van der Waals surface area contributed by atoms with Crippen LogP contribution in [0.1, 0.15) is 149 Å². The van der Waals surface area contributed by atoms with Gasteiger partial charge in [-0.3, -0.25) is 9.59 Å². The second kappa shape index (κ2) is 24.6. The summed E-state index contributed by atoms with van der Waals surface area (Å²) in [5, 5.41) is 0. The van der Waals surface area contributed by atoms with Crippen LogP contribution in [0.15, 0.2) is 0 Å². The monoisotopic (exact) mass is 454 g/mol. The molecule has 32 heavy (non-hydrogen) atoms. The number of unbranched alkanes of at least 4 members (excludes halogenated alkanes) is 16. The molecule has 0 rings (SSSR count). The Kier molecular flexibility index (Phi) is 23.8. The quantitative estimate of drug-likeness (QED) is 0.0832. The molecule has 0 bridgehead atoms. The molecule has 0 fully saturated rings. The van der Waals surface area contributed by atoms with Crippen molar-refractivity contribution < 1.29 is 19.1 Å². The molecular formula is C28H54O4. The molecule has 0 saturated heterocycles. The summed E-state index contributed by atoms with van der Waals surface area (Å²) in [5.41, 5.74) is 0. The van der Waals surface area contributed by atoms with Crippen molar-refractivity contribution in [2.75, 3.05) is 13.2 Å². The molecule has 0 aliphatic carbocycles. The first kappa shape index (κ1) is 30.9. The third-order valence-corrected chi connectivity index (χ3v) is 6.15. The third kappa shape index (κ3) is 19.6. The molecule has 4 nitrogen and oxygen atoms in total. The fourth-order valence-corrected chi connectivity index (χ4v) is 3.95. The predicted octanol–water partition coefficient (Wildman–Crippen LogP) is 8.55. The van der Waals surface area contributed by atoms with Crippen LogP contribution in [0.3, 0.4) is 0 Å². The molecule has 0 saturated carbocycles. The van der Waals surface area contributed by atoms with Gasteiger partial charge in [0.25, 0.3) is 0 Å². The van der Waals surface area contributed by atoms with Crippen LogP contribution in [0.4, 0.5) is 0 Å². The van der Waals surface area contributed by atoms with Crippen LogP contribution in [0, 0.1) is 5.92 Å². The van der Waals surface area contributed by atoms with Crippen LogP contribution in [-0.4, -0.2) is 25.2 Å². The van der Waals surface area contributed by atoms with Gasteiger partial charge in [0, 0.05) is 0 Å². The molecule has 0 aromatic carbocycles. The van der Waals surface area contributed by atoms with Crippen molar-refractivity contribution in [2.45, 2.75) is 149 Å². The Labute approximate surface area is 199 Å². The summed E-state index contributed by atoms with van der Waals surface area (Å²) in [4.78, 5) is 25.2. The Morgan fingerprint density at radius 2 is 0.781 bits per heavy atom. The number of carbonyl (C=O) groups excluding carboxylic acids is 2. The van der Waals surface area contributed by atoms with Gasteiger partial charge in [-0.1, -0.05) is 130 Å². The van der Waals surface area contributed by atoms with E-state index in [2.05, 4.69) is 20.8 Å². The normalized spacial score (nSPS) is 11.1. The maximum atomic E-state index is 12.6. The number of hydrogen-bond donors (Lipinski definition) is 0. The van der Waals surface area contributed by atoms with E-state index in [1.54, 1.807) is 0 Å². The zero-order valence-corrected chi connectivity index (χ0v) is 21.8. The van der Waals surface area contributed by atoms with Crippen molar-refractivity contribution in [3.63, 3.8) is 0 Å². The topological polar surface area (TPSA) is 52.6 Å². The lowest BCUT2D eigenvalue weighted by Crippen LogP contribution is -2.28. The van der Waals surface area contributed by atoms with E-state index in [-0.39, 0.29) is 11.9 Å². The highest BCUT2D eigenvalue weighted by atomic mass is 16.6. The molecule has 190 valence electrons. The molecule has 0 unspecified atom stereocenters. The maximum absolute atomic E-state index is 12.6. The third-order valence-electron chi connectivity index (χ3n) is 6.15. The van der Waals surface area contributed by atoms with Gasteiger partial charge in [-0.25, -0.2) is 0 Å². The summed E-state index contributed by atoms with van der Waals surface area (Å²) in [6.07, 6.45) is 22.6. The fourth-order valence-electron chi connectivity index (χ4n) is 3.95. The lowest BCUT2D eigenvalue weighted by molar-refractivity contribution is -0.162. The molecule has 0 aromatic heterocycles. The van der Waals surface area contributed by atoms with Gasteiger partial charge in [0.2, 0.25) is 0 Å². The van der Waals surface area contributed by atoms with Crippen molar-refractivity contribution in [3.8, 4) is 0 Å². The van der Waals surface area contributed by atoms with Gasteiger partial charge < -0.3 is 9.47 Å². The first-order valence-electron chi connectivity index (χ1n) is 14.0. The number of ether oxygens (including phenoxy) is 2. The number of hydrogen-bond acceptors (Lipinski definition) is 4. The molecule has 0 radical (unpaired) electrons. The van der Waals surface area contributed by atoms with Gasteiger partial charge in [0.15, 0.2) is 5.92 Å². The minimum Gasteiger partial charge on any atom is -0.465 e. The van der Waals surface area contributed by atoms with E-state index in [0.717, 1.165) is 44.9 Å². The van der Waals surface area contributed by atoms with Crippen LogP contribution in [-0.2, 0) is 19.1 Å². The van der Waals surface area contributed by atoms with E-state index in [4.69, 9.17) is 9.47 Å². The van der Waals surface area contributed by atoms with Crippen LogP contribution >= 0.6 is 0 Å². The molecule has 0 heterocycles. The molecule has 4 heteroatoms. The van der Waals surface area contributed by atoms with Crippen molar-refractivity contribution >= 4 is 11.9 Å². The van der Waals surface area contributed by atoms with E-state index in [9.17, 15) is 9.59 Å². The van der Waals surface area contributed by atoms with E-state index < -0.39 is 5.92 Å². The molecule has 0 aliphatic rings. The van der Waals surface area contributed by atoms with Gasteiger partial charge in [-0.2, -0.15) is 0 Å². The Balaban J connectivity index is 4.19. The fraction of sp³-hybridized carbons (Fsp3) is 0.929. The lowest BCUT2D eigenvalue weighted by atomic mass is 10.0. The van der Waals surface area contributed by atoms with Crippen molar-refractivity contribution in [1.82, 2.24) is 0 Å². The summed E-state index contributed by atoms with van der Waals surface area (Å²) in [5.74, 6) is -1.50. The molecule has 0 spiro atoms. The number of rotatable bonds is 24. The summed E-state index contributed by atoms with van der Waals surface area (Å²) < 4.78 is 10.9. The SMILES string of the molecule is CCCCCCCCCOC(=O)C(CCCCCCC)C(=O)OCCCCCCCCC. The van der Waals surface area contributed by atoms with Gasteiger partial charge in [-0.05, 0) is 19.3 Å². The second-order valence-corrected chi connectivity index (χ2v) is 9.33. The zero-order valence-electron chi connectivity index (χ0n) is 21.8. The summed E-state index contributed by atoms with van der Waals surface area (Å²) in [6, 6.07) is 0. The van der Waals surface area contributed by atoms with Crippen molar-refractivity contribution in [1.29, 1.82) is 0 Å². The highest BCUT2D eigenvalue weighted by Crippen LogP contribution is 2.17. The largest absolute Gasteiger partial charge is 0.465 e. The number of carbonyl (C=O) groups is 2. The average Bonchev–Trinajstić information content (AvgIpc) is 2.79. The Hall–Kier alpha value is -1.06. The van der Waals surface area contributed by atoms with Crippen molar-refractivity contribution in [3.05, 3.63) is 0 Å². The standard InChI is InChI=1S/C28H54O4/c1-4-7-10-13-15-18-21-24-31-27(29)26(23-20-17-12-9-6-3)28(30)32-25-22-19-16-14-11-8-5-2/h26H,4-25H2,1-3H3. The van der Waals surface area contributed by atoms with Gasteiger partial charge in [0.05, 0.1) is 13.2 Å². The van der Waals surface area contributed by atoms with Crippen LogP contribution in [0.2, 0.25) is 0 Å². The Morgan fingerprint density at radius 3 is 1.16 bits per heavy atom. The molecule has 0 aliphatic heterocycles. The summed E-state index contributed by atoms with van der Waals surface area (Å²) >= 11 is 0. The Morgan fingerprint density at radius 1 is 0.469 bits per heavy atom. The van der Waals surface area contributed by atoms with E-state index in [1.165, 1.54) is 77.0 Å². The zero-order chi connectivity index (χ0) is 23.7. The minimum atomic E-state index is -0.745. The minimum absolute atomic E-state index is 0.379. The Bertz CT molecular complexity index is 390. The summed E-state index contributed by atoms with van der Waals surface area (Å²) in [7, 11) is 0. The van der Waals surface area contributed by atoms with Gasteiger partial charge in [0.1, 0.15) is 0 Å². The van der Waals surface area contributed by atoms with E-state index in [0.29, 0.717) is 19.6 Å². The van der Waals surface area contributed by atoms with Crippen molar-refractivity contribution in [2.24, 2.45) is 5.92 Å². The molecule has 0 atom stereocenters. The van der Waals surface area contributed by atoms with Crippen LogP contribution < -0.4 is 0 Å². The average molecular weight is 455 g/mol. The first-order valence-corrected chi connectivity index (χ1v) is 14.0. The van der Waals surface area contributed by atoms with E-state index in [1.807, 2.05) is 0 Å².